The Kier molecular flexibility index (Phi) is 3.17. The summed E-state index contributed by atoms with van der Waals surface area (Å²) in [5.74, 6) is -1.41. The van der Waals surface area contributed by atoms with E-state index < -0.39 is 17.4 Å². The van der Waals surface area contributed by atoms with Gasteiger partial charge in [-0.05, 0) is 42.2 Å². The van der Waals surface area contributed by atoms with E-state index in [0.29, 0.717) is 35.5 Å². The summed E-state index contributed by atoms with van der Waals surface area (Å²) >= 11 is 0. The second kappa shape index (κ2) is 5.24. The average molecular weight is 320 g/mol. The van der Waals surface area contributed by atoms with Crippen molar-refractivity contribution in [1.29, 1.82) is 5.26 Å². The Hall–Kier alpha value is -3.07. The Bertz CT molecular complexity index is 903. The van der Waals surface area contributed by atoms with Crippen LogP contribution in [0, 0.1) is 23.1 Å². The van der Waals surface area contributed by atoms with Crippen LogP contribution >= 0.6 is 0 Å². The number of nitriles is 1. The van der Waals surface area contributed by atoms with E-state index in [4.69, 9.17) is 4.99 Å². The Morgan fingerprint density at radius 2 is 2.17 bits per heavy atom. The number of nitrogens with one attached hydrogen (secondary N) is 1. The Labute approximate surface area is 137 Å². The zero-order valence-electron chi connectivity index (χ0n) is 12.7. The molecule has 1 aromatic carbocycles. The van der Waals surface area contributed by atoms with E-state index in [0.717, 1.165) is 0 Å². The van der Waals surface area contributed by atoms with Crippen molar-refractivity contribution in [3.05, 3.63) is 65.2 Å². The maximum absolute atomic E-state index is 14.1. The standard InChI is InChI=1S/C18H13FN4O/c19-14-5-3-4-12-11(14)7-8-18(12)13(10-20)17(24)22-16(23-18)15-6-1-2-9-21-15/h1-6,9,13H,7-8H2,(H,22,23,24). The highest BCUT2D eigenvalue weighted by Gasteiger charge is 2.52. The third-order valence-corrected chi connectivity index (χ3v) is 4.67. The van der Waals surface area contributed by atoms with Crippen LogP contribution in [0.1, 0.15) is 23.2 Å². The van der Waals surface area contributed by atoms with Crippen molar-refractivity contribution in [2.45, 2.75) is 18.4 Å². The van der Waals surface area contributed by atoms with Gasteiger partial charge < -0.3 is 5.32 Å². The second-order valence-electron chi connectivity index (χ2n) is 5.92. The topological polar surface area (TPSA) is 78.1 Å². The van der Waals surface area contributed by atoms with Gasteiger partial charge >= 0.3 is 0 Å². The highest BCUT2D eigenvalue weighted by Crippen LogP contribution is 2.47. The first-order valence-corrected chi connectivity index (χ1v) is 7.65. The Balaban J connectivity index is 1.94. The molecule has 1 aromatic heterocycles. The lowest BCUT2D eigenvalue weighted by Crippen LogP contribution is -2.50. The molecular weight excluding hydrogens is 307 g/mol. The molecule has 5 nitrogen and oxygen atoms in total. The first-order chi connectivity index (χ1) is 11.7. The number of fused-ring (bicyclic) bond motifs is 2. The van der Waals surface area contributed by atoms with Gasteiger partial charge in [-0.3, -0.25) is 14.8 Å². The molecule has 1 aliphatic heterocycles. The number of aromatic nitrogens is 1. The lowest BCUT2D eigenvalue weighted by molar-refractivity contribution is -0.124. The average Bonchev–Trinajstić information content (AvgIpc) is 2.96. The summed E-state index contributed by atoms with van der Waals surface area (Å²) in [5, 5.41) is 12.2. The van der Waals surface area contributed by atoms with Crippen LogP contribution in [0.5, 0.6) is 0 Å². The molecule has 1 aliphatic carbocycles. The van der Waals surface area contributed by atoms with E-state index in [1.807, 2.05) is 0 Å². The molecule has 4 rings (SSSR count). The van der Waals surface area contributed by atoms with E-state index >= 15 is 0 Å². The maximum Gasteiger partial charge on any atom is 0.245 e. The van der Waals surface area contributed by atoms with Crippen molar-refractivity contribution >= 4 is 11.7 Å². The normalized spacial score (nSPS) is 24.9. The molecule has 0 bridgehead atoms. The van der Waals surface area contributed by atoms with Crippen LogP contribution in [0.15, 0.2) is 47.6 Å². The number of rotatable bonds is 1. The Morgan fingerprint density at radius 3 is 2.92 bits per heavy atom. The van der Waals surface area contributed by atoms with Crippen molar-refractivity contribution < 1.29 is 9.18 Å². The Morgan fingerprint density at radius 1 is 1.29 bits per heavy atom. The molecule has 1 spiro atoms. The molecule has 0 radical (unpaired) electrons. The highest BCUT2D eigenvalue weighted by molar-refractivity contribution is 6.10. The van der Waals surface area contributed by atoms with Crippen LogP contribution in [-0.4, -0.2) is 16.7 Å². The summed E-state index contributed by atoms with van der Waals surface area (Å²) in [5.41, 5.74) is 0.627. The fourth-order valence-electron chi connectivity index (χ4n) is 3.57. The molecule has 24 heavy (non-hydrogen) atoms. The number of nitrogens with zero attached hydrogens (tertiary/aromatic N) is 3. The molecule has 0 fully saturated rings. The quantitative estimate of drug-likeness (QED) is 0.874. The zero-order chi connectivity index (χ0) is 16.7. The predicted molar refractivity (Wildman–Crippen MR) is 84.4 cm³/mol. The molecule has 2 aromatic rings. The maximum atomic E-state index is 14.1. The van der Waals surface area contributed by atoms with Gasteiger partial charge in [-0.25, -0.2) is 4.39 Å². The molecule has 0 saturated carbocycles. The molecule has 118 valence electrons. The third-order valence-electron chi connectivity index (χ3n) is 4.67. The van der Waals surface area contributed by atoms with Gasteiger partial charge in [-0.15, -0.1) is 0 Å². The van der Waals surface area contributed by atoms with Crippen LogP contribution in [0.2, 0.25) is 0 Å². The first-order valence-electron chi connectivity index (χ1n) is 7.65. The largest absolute Gasteiger partial charge is 0.308 e. The molecule has 2 unspecified atom stereocenters. The number of carbonyl (C=O) groups is 1. The predicted octanol–water partition coefficient (Wildman–Crippen LogP) is 2.08. The highest BCUT2D eigenvalue weighted by atomic mass is 19.1. The van der Waals surface area contributed by atoms with Crippen molar-refractivity contribution in [3.8, 4) is 6.07 Å². The van der Waals surface area contributed by atoms with E-state index in [9.17, 15) is 14.4 Å². The van der Waals surface area contributed by atoms with Crippen LogP contribution in [0.4, 0.5) is 4.39 Å². The minimum Gasteiger partial charge on any atom is -0.308 e. The van der Waals surface area contributed by atoms with Gasteiger partial charge in [0.2, 0.25) is 5.91 Å². The van der Waals surface area contributed by atoms with Crippen molar-refractivity contribution in [3.63, 3.8) is 0 Å². The first kappa shape index (κ1) is 14.5. The number of pyridine rings is 1. The van der Waals surface area contributed by atoms with E-state index in [1.165, 1.54) is 6.07 Å². The smallest absolute Gasteiger partial charge is 0.245 e. The molecule has 2 aliphatic rings. The number of aliphatic imine (C=N–C) groups is 1. The summed E-state index contributed by atoms with van der Waals surface area (Å²) in [6, 6.07) is 12.1. The van der Waals surface area contributed by atoms with Gasteiger partial charge in [0.25, 0.3) is 0 Å². The SMILES string of the molecule is N#CC1C(=O)NC(c2ccccn2)=NC12CCc1c(F)cccc12. The molecule has 1 N–H and O–H groups in total. The number of benzene rings is 1. The van der Waals surface area contributed by atoms with Crippen LogP contribution < -0.4 is 5.32 Å². The van der Waals surface area contributed by atoms with Crippen molar-refractivity contribution in [1.82, 2.24) is 10.3 Å². The van der Waals surface area contributed by atoms with Gasteiger partial charge in [-0.1, -0.05) is 18.2 Å². The van der Waals surface area contributed by atoms with E-state index in [1.54, 1.807) is 36.5 Å². The number of amides is 1. The zero-order valence-corrected chi connectivity index (χ0v) is 12.7. The number of carbonyl (C=O) groups excluding carboxylic acids is 1. The summed E-state index contributed by atoms with van der Waals surface area (Å²) in [4.78, 5) is 21.4. The van der Waals surface area contributed by atoms with Crippen molar-refractivity contribution in [2.24, 2.45) is 10.9 Å². The van der Waals surface area contributed by atoms with Crippen LogP contribution in [0.25, 0.3) is 0 Å². The lowest BCUT2D eigenvalue weighted by Gasteiger charge is -2.34. The number of hydrogen-bond acceptors (Lipinski definition) is 4. The summed E-state index contributed by atoms with van der Waals surface area (Å²) in [6.45, 7) is 0. The van der Waals surface area contributed by atoms with Gasteiger partial charge in [0.15, 0.2) is 11.8 Å². The van der Waals surface area contributed by atoms with E-state index in [2.05, 4.69) is 16.4 Å². The molecule has 1 amide bonds. The lowest BCUT2D eigenvalue weighted by atomic mass is 9.78. The third kappa shape index (κ3) is 1.95. The molecule has 2 heterocycles. The number of amidine groups is 1. The van der Waals surface area contributed by atoms with Gasteiger partial charge in [0.1, 0.15) is 17.1 Å². The summed E-state index contributed by atoms with van der Waals surface area (Å²) in [7, 11) is 0. The van der Waals surface area contributed by atoms with Crippen LogP contribution in [-0.2, 0) is 16.8 Å². The number of hydrogen-bond donors (Lipinski definition) is 1. The van der Waals surface area contributed by atoms with Gasteiger partial charge in [0.05, 0.1) is 6.07 Å². The monoisotopic (exact) mass is 320 g/mol. The molecule has 6 heteroatoms. The number of halogens is 1. The minimum absolute atomic E-state index is 0.318. The molecule has 2 atom stereocenters. The second-order valence-corrected chi connectivity index (χ2v) is 5.92. The fourth-order valence-corrected chi connectivity index (χ4v) is 3.57. The van der Waals surface area contributed by atoms with Gasteiger partial charge in [-0.2, -0.15) is 5.26 Å². The minimum atomic E-state index is -1.05. The van der Waals surface area contributed by atoms with E-state index in [-0.39, 0.29) is 5.82 Å². The van der Waals surface area contributed by atoms with Crippen LogP contribution in [0.3, 0.4) is 0 Å². The molecule has 0 saturated heterocycles. The molecular formula is C18H13FN4O. The summed E-state index contributed by atoms with van der Waals surface area (Å²) in [6.07, 6.45) is 2.48. The van der Waals surface area contributed by atoms with Crippen molar-refractivity contribution in [2.75, 3.05) is 0 Å². The fraction of sp³-hybridized carbons (Fsp3) is 0.222. The summed E-state index contributed by atoms with van der Waals surface area (Å²) < 4.78 is 14.1. The van der Waals surface area contributed by atoms with Gasteiger partial charge in [0, 0.05) is 6.20 Å².